The van der Waals surface area contributed by atoms with Crippen molar-refractivity contribution >= 4 is 16.7 Å². The predicted octanol–water partition coefficient (Wildman–Crippen LogP) is 3.49. The van der Waals surface area contributed by atoms with Gasteiger partial charge >= 0.3 is 6.18 Å². The highest BCUT2D eigenvalue weighted by Crippen LogP contribution is 2.40. The molecule has 1 amide bonds. The molecule has 116 valence electrons. The molecule has 1 N–H and O–H groups in total. The van der Waals surface area contributed by atoms with Gasteiger partial charge in [-0.2, -0.15) is 13.2 Å². The molecular weight excluding hydrogens is 293 g/mol. The zero-order chi connectivity index (χ0) is 15.9. The van der Waals surface area contributed by atoms with Gasteiger partial charge in [0.25, 0.3) is 0 Å². The van der Waals surface area contributed by atoms with Crippen molar-refractivity contribution in [2.45, 2.75) is 25.6 Å². The molecule has 0 radical (unpaired) electrons. The van der Waals surface area contributed by atoms with Crippen LogP contribution >= 0.6 is 0 Å². The molecule has 22 heavy (non-hydrogen) atoms. The highest BCUT2D eigenvalue weighted by molar-refractivity contribution is 5.84. The minimum absolute atomic E-state index is 0.0509. The number of hydrogen-bond acceptors (Lipinski definition) is 2. The van der Waals surface area contributed by atoms with E-state index in [-0.39, 0.29) is 24.4 Å². The molecule has 3 rings (SSSR count). The number of aryl methyl sites for hydroxylation is 1. The lowest BCUT2D eigenvalue weighted by atomic mass is 9.96. The number of hydrogen-bond donors (Lipinski definition) is 1. The van der Waals surface area contributed by atoms with Gasteiger partial charge in [0, 0.05) is 13.0 Å². The standard InChI is InChI=1S/C16H15F3N2O/c1-10-8-11-4-2-3-5-12(11)9-13(10)15(16(17,18)19)21-7-6-14(22)20-21/h2-5,8-9,15H,6-7H2,1H3,(H,20,22). The molecule has 2 aromatic carbocycles. The molecule has 1 aliphatic heterocycles. The van der Waals surface area contributed by atoms with Crippen molar-refractivity contribution in [3.05, 3.63) is 47.5 Å². The van der Waals surface area contributed by atoms with Gasteiger partial charge in [0.2, 0.25) is 5.91 Å². The number of benzene rings is 2. The SMILES string of the molecule is Cc1cc2ccccc2cc1C(N1CCC(=O)N1)C(F)(F)F. The Hall–Kier alpha value is -2.08. The molecule has 1 heterocycles. The molecule has 0 aliphatic carbocycles. The molecule has 0 spiro atoms. The number of nitrogens with zero attached hydrogens (tertiary/aromatic N) is 1. The smallest absolute Gasteiger partial charge is 0.288 e. The first-order chi connectivity index (χ1) is 10.4. The number of nitrogens with one attached hydrogen (secondary N) is 1. The Bertz CT molecular complexity index is 727. The number of halogens is 3. The van der Waals surface area contributed by atoms with Crippen LogP contribution in [0.5, 0.6) is 0 Å². The molecular formula is C16H15F3N2O. The van der Waals surface area contributed by atoms with Crippen molar-refractivity contribution in [2.24, 2.45) is 0 Å². The molecule has 1 saturated heterocycles. The average molecular weight is 308 g/mol. The first-order valence-electron chi connectivity index (χ1n) is 6.98. The fourth-order valence-electron chi connectivity index (χ4n) is 2.87. The average Bonchev–Trinajstić information content (AvgIpc) is 2.84. The summed E-state index contributed by atoms with van der Waals surface area (Å²) >= 11 is 0. The summed E-state index contributed by atoms with van der Waals surface area (Å²) in [5.41, 5.74) is 3.04. The number of carbonyl (C=O) groups is 1. The van der Waals surface area contributed by atoms with Crippen LogP contribution in [-0.2, 0) is 4.79 Å². The summed E-state index contributed by atoms with van der Waals surface area (Å²) in [7, 11) is 0. The number of hydrazine groups is 1. The largest absolute Gasteiger partial charge is 0.409 e. The van der Waals surface area contributed by atoms with E-state index in [0.717, 1.165) is 15.8 Å². The van der Waals surface area contributed by atoms with E-state index in [1.54, 1.807) is 31.2 Å². The second-order valence-electron chi connectivity index (χ2n) is 5.48. The minimum atomic E-state index is -4.47. The van der Waals surface area contributed by atoms with Crippen LogP contribution in [0.1, 0.15) is 23.6 Å². The molecule has 0 aromatic heterocycles. The fraction of sp³-hybridized carbons (Fsp3) is 0.312. The van der Waals surface area contributed by atoms with E-state index in [1.807, 2.05) is 12.1 Å². The molecule has 2 aromatic rings. The van der Waals surface area contributed by atoms with Crippen LogP contribution in [0, 0.1) is 6.92 Å². The number of amides is 1. The number of fused-ring (bicyclic) bond motifs is 1. The van der Waals surface area contributed by atoms with E-state index in [0.29, 0.717) is 5.56 Å². The lowest BCUT2D eigenvalue weighted by molar-refractivity contribution is -0.191. The third kappa shape index (κ3) is 2.66. The van der Waals surface area contributed by atoms with Gasteiger partial charge in [-0.3, -0.25) is 10.2 Å². The summed E-state index contributed by atoms with van der Waals surface area (Å²) in [6, 6.07) is 8.78. The maximum atomic E-state index is 13.6. The van der Waals surface area contributed by atoms with E-state index < -0.39 is 12.2 Å². The van der Waals surface area contributed by atoms with Gasteiger partial charge in [-0.15, -0.1) is 0 Å². The van der Waals surface area contributed by atoms with Gasteiger partial charge in [-0.05, 0) is 34.9 Å². The Morgan fingerprint density at radius 3 is 2.36 bits per heavy atom. The summed E-state index contributed by atoms with van der Waals surface area (Å²) in [6.07, 6.45) is -4.38. The van der Waals surface area contributed by atoms with Crippen LogP contribution in [0.15, 0.2) is 36.4 Å². The van der Waals surface area contributed by atoms with E-state index in [1.165, 1.54) is 0 Å². The number of alkyl halides is 3. The Balaban J connectivity index is 2.11. The molecule has 1 atom stereocenters. The van der Waals surface area contributed by atoms with Crippen molar-refractivity contribution in [3.63, 3.8) is 0 Å². The van der Waals surface area contributed by atoms with Crippen molar-refractivity contribution < 1.29 is 18.0 Å². The molecule has 1 fully saturated rings. The second-order valence-corrected chi connectivity index (χ2v) is 5.48. The van der Waals surface area contributed by atoms with Crippen LogP contribution in [0.2, 0.25) is 0 Å². The minimum Gasteiger partial charge on any atom is -0.288 e. The van der Waals surface area contributed by atoms with Gasteiger partial charge in [0.05, 0.1) is 0 Å². The van der Waals surface area contributed by atoms with E-state index in [2.05, 4.69) is 5.43 Å². The highest BCUT2D eigenvalue weighted by Gasteiger charge is 2.47. The first-order valence-corrected chi connectivity index (χ1v) is 6.98. The summed E-state index contributed by atoms with van der Waals surface area (Å²) in [5.74, 6) is -0.382. The lowest BCUT2D eigenvalue weighted by Crippen LogP contribution is -2.43. The van der Waals surface area contributed by atoms with Gasteiger partial charge in [0.1, 0.15) is 6.04 Å². The Morgan fingerprint density at radius 2 is 1.82 bits per heavy atom. The maximum Gasteiger partial charge on any atom is 0.409 e. The Kier molecular flexibility index (Phi) is 3.56. The molecule has 1 aliphatic rings. The quantitative estimate of drug-likeness (QED) is 0.921. The maximum absolute atomic E-state index is 13.6. The van der Waals surface area contributed by atoms with Gasteiger partial charge in [0.15, 0.2) is 0 Å². The monoisotopic (exact) mass is 308 g/mol. The van der Waals surface area contributed by atoms with E-state index in [9.17, 15) is 18.0 Å². The fourth-order valence-corrected chi connectivity index (χ4v) is 2.87. The Labute approximate surface area is 125 Å². The molecule has 1 unspecified atom stereocenters. The van der Waals surface area contributed by atoms with Gasteiger partial charge < -0.3 is 0 Å². The summed E-state index contributed by atoms with van der Waals surface area (Å²) < 4.78 is 40.7. The van der Waals surface area contributed by atoms with Crippen LogP contribution in [-0.4, -0.2) is 23.6 Å². The topological polar surface area (TPSA) is 32.3 Å². The van der Waals surface area contributed by atoms with Gasteiger partial charge in [-0.25, -0.2) is 5.01 Å². The molecule has 3 nitrogen and oxygen atoms in total. The van der Waals surface area contributed by atoms with Crippen LogP contribution < -0.4 is 5.43 Å². The summed E-state index contributed by atoms with van der Waals surface area (Å²) in [5, 5.41) is 2.64. The van der Waals surface area contributed by atoms with E-state index >= 15 is 0 Å². The highest BCUT2D eigenvalue weighted by atomic mass is 19.4. The van der Waals surface area contributed by atoms with Gasteiger partial charge in [-0.1, -0.05) is 30.3 Å². The predicted molar refractivity (Wildman–Crippen MR) is 76.9 cm³/mol. The third-order valence-corrected chi connectivity index (χ3v) is 3.90. The van der Waals surface area contributed by atoms with Crippen LogP contribution in [0.4, 0.5) is 13.2 Å². The third-order valence-electron chi connectivity index (χ3n) is 3.90. The lowest BCUT2D eigenvalue weighted by Gasteiger charge is -2.30. The van der Waals surface area contributed by atoms with Crippen molar-refractivity contribution in [1.29, 1.82) is 0 Å². The van der Waals surface area contributed by atoms with Crippen LogP contribution in [0.3, 0.4) is 0 Å². The first kappa shape index (κ1) is 14.8. The summed E-state index contributed by atoms with van der Waals surface area (Å²) in [4.78, 5) is 11.3. The van der Waals surface area contributed by atoms with Crippen molar-refractivity contribution in [1.82, 2.24) is 10.4 Å². The Morgan fingerprint density at radius 1 is 1.18 bits per heavy atom. The summed E-state index contributed by atoms with van der Waals surface area (Å²) in [6.45, 7) is 1.72. The van der Waals surface area contributed by atoms with E-state index in [4.69, 9.17) is 0 Å². The zero-order valence-corrected chi connectivity index (χ0v) is 11.9. The molecule has 6 heteroatoms. The van der Waals surface area contributed by atoms with Crippen LogP contribution in [0.25, 0.3) is 10.8 Å². The van der Waals surface area contributed by atoms with Crippen molar-refractivity contribution in [3.8, 4) is 0 Å². The molecule has 0 bridgehead atoms. The number of rotatable bonds is 2. The van der Waals surface area contributed by atoms with Crippen molar-refractivity contribution in [2.75, 3.05) is 6.54 Å². The second kappa shape index (κ2) is 5.28. The molecule has 0 saturated carbocycles. The normalized spacial score (nSPS) is 17.7. The zero-order valence-electron chi connectivity index (χ0n) is 11.9. The number of carbonyl (C=O) groups excluding carboxylic acids is 1.